The Balaban J connectivity index is 1.60. The zero-order valence-corrected chi connectivity index (χ0v) is 15.2. The smallest absolute Gasteiger partial charge is 0.255 e. The SMILES string of the molecule is CC(=O)Nc1cccc(C(=O)Nc2ccc(NCc3ccccc3F)nc2)c1. The van der Waals surface area contributed by atoms with Crippen molar-refractivity contribution >= 4 is 29.0 Å². The van der Waals surface area contributed by atoms with Crippen LogP contribution >= 0.6 is 0 Å². The molecule has 0 aliphatic rings. The van der Waals surface area contributed by atoms with Gasteiger partial charge in [0.05, 0.1) is 11.9 Å². The van der Waals surface area contributed by atoms with Crippen molar-refractivity contribution in [3.05, 3.63) is 83.8 Å². The van der Waals surface area contributed by atoms with E-state index >= 15 is 0 Å². The lowest BCUT2D eigenvalue weighted by Crippen LogP contribution is -2.13. The molecule has 0 saturated heterocycles. The van der Waals surface area contributed by atoms with E-state index in [1.807, 2.05) is 0 Å². The van der Waals surface area contributed by atoms with Crippen LogP contribution in [0, 0.1) is 5.82 Å². The summed E-state index contributed by atoms with van der Waals surface area (Å²) in [6.45, 7) is 1.71. The number of nitrogens with one attached hydrogen (secondary N) is 3. The predicted molar refractivity (Wildman–Crippen MR) is 107 cm³/mol. The zero-order valence-electron chi connectivity index (χ0n) is 15.2. The van der Waals surface area contributed by atoms with E-state index in [1.54, 1.807) is 54.6 Å². The van der Waals surface area contributed by atoms with E-state index in [1.165, 1.54) is 19.2 Å². The Morgan fingerprint density at radius 1 is 0.964 bits per heavy atom. The number of benzene rings is 2. The van der Waals surface area contributed by atoms with Gasteiger partial charge in [-0.25, -0.2) is 9.37 Å². The molecule has 3 N–H and O–H groups in total. The second-order valence-electron chi connectivity index (χ2n) is 6.09. The summed E-state index contributed by atoms with van der Waals surface area (Å²) in [5.74, 6) is -0.240. The van der Waals surface area contributed by atoms with Gasteiger partial charge in [-0.05, 0) is 36.4 Å². The van der Waals surface area contributed by atoms with Crippen molar-refractivity contribution in [1.29, 1.82) is 0 Å². The average Bonchev–Trinajstić information content (AvgIpc) is 2.68. The first-order valence-corrected chi connectivity index (χ1v) is 8.63. The van der Waals surface area contributed by atoms with Crippen LogP contribution in [0.3, 0.4) is 0 Å². The summed E-state index contributed by atoms with van der Waals surface area (Å²) in [7, 11) is 0. The van der Waals surface area contributed by atoms with Gasteiger partial charge in [-0.15, -0.1) is 0 Å². The fraction of sp³-hybridized carbons (Fsp3) is 0.0952. The van der Waals surface area contributed by atoms with Crippen LogP contribution in [0.4, 0.5) is 21.6 Å². The Hall–Kier alpha value is -3.74. The fourth-order valence-corrected chi connectivity index (χ4v) is 2.54. The highest BCUT2D eigenvalue weighted by atomic mass is 19.1. The molecule has 28 heavy (non-hydrogen) atoms. The van der Waals surface area contributed by atoms with Crippen LogP contribution in [0.15, 0.2) is 66.9 Å². The third kappa shape index (κ3) is 5.14. The Morgan fingerprint density at radius 2 is 1.79 bits per heavy atom. The van der Waals surface area contributed by atoms with E-state index < -0.39 is 0 Å². The Labute approximate surface area is 161 Å². The minimum absolute atomic E-state index is 0.208. The van der Waals surface area contributed by atoms with E-state index in [4.69, 9.17) is 0 Å². The molecule has 0 aliphatic carbocycles. The lowest BCUT2D eigenvalue weighted by atomic mass is 10.2. The standard InChI is InChI=1S/C21H19FN4O2/c1-14(27)25-17-7-4-6-15(11-17)21(28)26-18-9-10-20(24-13-18)23-12-16-5-2-3-8-19(16)22/h2-11,13H,12H2,1H3,(H,23,24)(H,25,27)(H,26,28). The quantitative estimate of drug-likeness (QED) is 0.604. The lowest BCUT2D eigenvalue weighted by molar-refractivity contribution is -0.114. The molecule has 0 aliphatic heterocycles. The van der Waals surface area contributed by atoms with Crippen molar-refractivity contribution in [2.24, 2.45) is 0 Å². The molecule has 2 aromatic carbocycles. The normalized spacial score (nSPS) is 10.2. The molecule has 142 valence electrons. The van der Waals surface area contributed by atoms with Crippen LogP contribution < -0.4 is 16.0 Å². The molecule has 1 aromatic heterocycles. The summed E-state index contributed by atoms with van der Waals surface area (Å²) in [6.07, 6.45) is 1.51. The Bertz CT molecular complexity index is 990. The fourth-order valence-electron chi connectivity index (χ4n) is 2.54. The number of rotatable bonds is 6. The van der Waals surface area contributed by atoms with Gasteiger partial charge in [0.15, 0.2) is 0 Å². The first-order valence-electron chi connectivity index (χ1n) is 8.63. The van der Waals surface area contributed by atoms with Crippen molar-refractivity contribution in [2.75, 3.05) is 16.0 Å². The van der Waals surface area contributed by atoms with Crippen molar-refractivity contribution in [3.8, 4) is 0 Å². The Morgan fingerprint density at radius 3 is 2.50 bits per heavy atom. The molecule has 1 heterocycles. The molecule has 6 nitrogen and oxygen atoms in total. The highest BCUT2D eigenvalue weighted by molar-refractivity contribution is 6.05. The number of hydrogen-bond acceptors (Lipinski definition) is 4. The van der Waals surface area contributed by atoms with Crippen molar-refractivity contribution < 1.29 is 14.0 Å². The van der Waals surface area contributed by atoms with Crippen molar-refractivity contribution in [1.82, 2.24) is 4.98 Å². The molecule has 3 aromatic rings. The summed E-state index contributed by atoms with van der Waals surface area (Å²) in [5, 5.41) is 8.42. The number of carbonyl (C=O) groups is 2. The van der Waals surface area contributed by atoms with Gasteiger partial charge in [0, 0.05) is 30.3 Å². The zero-order chi connectivity index (χ0) is 19.9. The lowest BCUT2D eigenvalue weighted by Gasteiger charge is -2.09. The number of amides is 2. The van der Waals surface area contributed by atoms with Crippen LogP contribution in [-0.2, 0) is 11.3 Å². The van der Waals surface area contributed by atoms with Crippen molar-refractivity contribution in [3.63, 3.8) is 0 Å². The summed E-state index contributed by atoms with van der Waals surface area (Å²) in [4.78, 5) is 27.7. The van der Waals surface area contributed by atoms with Gasteiger partial charge in [0.2, 0.25) is 5.91 Å². The van der Waals surface area contributed by atoms with E-state index in [2.05, 4.69) is 20.9 Å². The van der Waals surface area contributed by atoms with Crippen LogP contribution in [-0.4, -0.2) is 16.8 Å². The number of halogens is 1. The summed E-state index contributed by atoms with van der Waals surface area (Å²) in [5.41, 5.74) is 2.02. The average molecular weight is 378 g/mol. The molecule has 7 heteroatoms. The molecule has 3 rings (SSSR count). The van der Waals surface area contributed by atoms with E-state index in [0.717, 1.165) is 0 Å². The number of pyridine rings is 1. The maximum absolute atomic E-state index is 13.6. The summed E-state index contributed by atoms with van der Waals surface area (Å²) >= 11 is 0. The van der Waals surface area contributed by atoms with Crippen LogP contribution in [0.2, 0.25) is 0 Å². The predicted octanol–water partition coefficient (Wildman–Crippen LogP) is 4.04. The van der Waals surface area contributed by atoms with Crippen LogP contribution in [0.5, 0.6) is 0 Å². The largest absolute Gasteiger partial charge is 0.366 e. The van der Waals surface area contributed by atoms with E-state index in [9.17, 15) is 14.0 Å². The Kier molecular flexibility index (Phi) is 5.96. The molecule has 0 unspecified atom stereocenters. The third-order valence-corrected chi connectivity index (χ3v) is 3.88. The topological polar surface area (TPSA) is 83.1 Å². The van der Waals surface area contributed by atoms with Crippen LogP contribution in [0.1, 0.15) is 22.8 Å². The maximum Gasteiger partial charge on any atom is 0.255 e. The monoisotopic (exact) mass is 378 g/mol. The molecule has 2 amide bonds. The number of hydrogen-bond donors (Lipinski definition) is 3. The van der Waals surface area contributed by atoms with Gasteiger partial charge in [-0.1, -0.05) is 24.3 Å². The first-order chi connectivity index (χ1) is 13.5. The second kappa shape index (κ2) is 8.77. The molecule has 0 spiro atoms. The molecular formula is C21H19FN4O2. The van der Waals surface area contributed by atoms with Gasteiger partial charge in [-0.3, -0.25) is 9.59 Å². The molecular weight excluding hydrogens is 359 g/mol. The highest BCUT2D eigenvalue weighted by Gasteiger charge is 2.08. The second-order valence-corrected chi connectivity index (χ2v) is 6.09. The third-order valence-electron chi connectivity index (χ3n) is 3.88. The molecule has 0 bridgehead atoms. The van der Waals surface area contributed by atoms with Gasteiger partial charge in [0.25, 0.3) is 5.91 Å². The minimum Gasteiger partial charge on any atom is -0.366 e. The van der Waals surface area contributed by atoms with Gasteiger partial charge < -0.3 is 16.0 Å². The molecule has 0 saturated carbocycles. The molecule has 0 atom stereocenters. The first kappa shape index (κ1) is 19.0. The van der Waals surface area contributed by atoms with E-state index in [-0.39, 0.29) is 17.6 Å². The molecule has 0 radical (unpaired) electrons. The number of aromatic nitrogens is 1. The minimum atomic E-state index is -0.318. The van der Waals surface area contributed by atoms with Gasteiger partial charge >= 0.3 is 0 Å². The summed E-state index contributed by atoms with van der Waals surface area (Å²) < 4.78 is 13.6. The van der Waals surface area contributed by atoms with Crippen LogP contribution in [0.25, 0.3) is 0 Å². The van der Waals surface area contributed by atoms with Crippen molar-refractivity contribution in [2.45, 2.75) is 13.5 Å². The molecule has 0 fully saturated rings. The number of nitrogens with zero attached hydrogens (tertiary/aromatic N) is 1. The van der Waals surface area contributed by atoms with Gasteiger partial charge in [0.1, 0.15) is 11.6 Å². The highest BCUT2D eigenvalue weighted by Crippen LogP contribution is 2.15. The number of carbonyl (C=O) groups excluding carboxylic acids is 2. The summed E-state index contributed by atoms with van der Waals surface area (Å²) in [6, 6.07) is 16.6. The van der Waals surface area contributed by atoms with Gasteiger partial charge in [-0.2, -0.15) is 0 Å². The maximum atomic E-state index is 13.6. The van der Waals surface area contributed by atoms with E-state index in [0.29, 0.717) is 34.9 Å². The number of anilines is 3.